The molecule has 0 atom stereocenters. The Hall–Kier alpha value is -2.76. The van der Waals surface area contributed by atoms with Crippen molar-refractivity contribution in [3.05, 3.63) is 53.7 Å². The van der Waals surface area contributed by atoms with E-state index in [1.54, 1.807) is 24.2 Å². The number of fused-ring (bicyclic) bond motifs is 1. The number of carbonyl (C=O) groups excluding carboxylic acids is 1. The number of nitrogens with one attached hydrogen (secondary N) is 1. The lowest BCUT2D eigenvalue weighted by Crippen LogP contribution is -2.26. The van der Waals surface area contributed by atoms with Gasteiger partial charge in [0.25, 0.3) is 5.91 Å². The highest BCUT2D eigenvalue weighted by Gasteiger charge is 2.14. The van der Waals surface area contributed by atoms with Crippen LogP contribution < -0.4 is 0 Å². The van der Waals surface area contributed by atoms with Gasteiger partial charge < -0.3 is 4.90 Å². The molecule has 106 valence electrons. The fraction of sp³-hybridized carbons (Fsp3) is 0.200. The number of rotatable bonds is 3. The number of benzene rings is 1. The molecule has 0 aliphatic carbocycles. The van der Waals surface area contributed by atoms with Crippen molar-refractivity contribution in [2.24, 2.45) is 0 Å². The number of hydrogen-bond donors (Lipinski definition) is 1. The van der Waals surface area contributed by atoms with E-state index < -0.39 is 0 Å². The van der Waals surface area contributed by atoms with Crippen LogP contribution in [0.3, 0.4) is 0 Å². The van der Waals surface area contributed by atoms with E-state index in [1.165, 1.54) is 0 Å². The third-order valence-corrected chi connectivity index (χ3v) is 3.22. The molecule has 6 heteroatoms. The highest BCUT2D eigenvalue weighted by molar-refractivity contribution is 5.97. The number of H-pyrrole nitrogens is 1. The molecule has 2 aromatic heterocycles. The zero-order chi connectivity index (χ0) is 14.8. The van der Waals surface area contributed by atoms with Crippen LogP contribution in [0, 0.1) is 6.92 Å². The number of nitrogens with zero attached hydrogens (tertiary/aromatic N) is 4. The Morgan fingerprint density at radius 2 is 2.19 bits per heavy atom. The molecule has 0 fully saturated rings. The number of aromatic nitrogens is 4. The van der Waals surface area contributed by atoms with E-state index in [2.05, 4.69) is 20.2 Å². The molecule has 6 nitrogen and oxygen atoms in total. The van der Waals surface area contributed by atoms with Crippen LogP contribution in [-0.4, -0.2) is 38.0 Å². The summed E-state index contributed by atoms with van der Waals surface area (Å²) in [6, 6.07) is 9.30. The molecule has 0 aliphatic heterocycles. The summed E-state index contributed by atoms with van der Waals surface area (Å²) in [7, 11) is 1.74. The van der Waals surface area contributed by atoms with Crippen LogP contribution in [0.5, 0.6) is 0 Å². The molecular weight excluding hydrogens is 266 g/mol. The van der Waals surface area contributed by atoms with Crippen molar-refractivity contribution in [3.63, 3.8) is 0 Å². The first kappa shape index (κ1) is 13.2. The van der Waals surface area contributed by atoms with Gasteiger partial charge in [0.1, 0.15) is 5.82 Å². The molecule has 0 unspecified atom stereocenters. The Balaban J connectivity index is 1.82. The lowest BCUT2D eigenvalue weighted by Gasteiger charge is -2.15. The Labute approximate surface area is 121 Å². The Kier molecular flexibility index (Phi) is 3.35. The van der Waals surface area contributed by atoms with Crippen molar-refractivity contribution in [1.82, 2.24) is 25.1 Å². The quantitative estimate of drug-likeness (QED) is 0.796. The summed E-state index contributed by atoms with van der Waals surface area (Å²) in [5.41, 5.74) is 1.51. The molecule has 0 saturated heterocycles. The SMILES string of the molecule is Cc1nc(CN(C)C(=O)c2ccc3ncccc3c2)n[nH]1. The largest absolute Gasteiger partial charge is 0.334 e. The highest BCUT2D eigenvalue weighted by atomic mass is 16.2. The van der Waals surface area contributed by atoms with E-state index in [4.69, 9.17) is 0 Å². The summed E-state index contributed by atoms with van der Waals surface area (Å²) in [5.74, 6) is 1.27. The predicted octanol–water partition coefficient (Wildman–Crippen LogP) is 1.93. The van der Waals surface area contributed by atoms with Gasteiger partial charge in [-0.2, -0.15) is 5.10 Å². The first-order valence-corrected chi connectivity index (χ1v) is 6.61. The van der Waals surface area contributed by atoms with Gasteiger partial charge in [-0.05, 0) is 31.2 Å². The molecule has 3 rings (SSSR count). The molecule has 1 amide bonds. The van der Waals surface area contributed by atoms with E-state index in [0.29, 0.717) is 17.9 Å². The molecule has 0 saturated carbocycles. The fourth-order valence-corrected chi connectivity index (χ4v) is 2.17. The predicted molar refractivity (Wildman–Crippen MR) is 78.7 cm³/mol. The van der Waals surface area contributed by atoms with Crippen molar-refractivity contribution >= 4 is 16.8 Å². The molecule has 1 N–H and O–H groups in total. The lowest BCUT2D eigenvalue weighted by atomic mass is 10.1. The topological polar surface area (TPSA) is 74.8 Å². The Bertz CT molecular complexity index is 795. The van der Waals surface area contributed by atoms with Crippen molar-refractivity contribution in [2.45, 2.75) is 13.5 Å². The van der Waals surface area contributed by atoms with E-state index in [1.807, 2.05) is 31.2 Å². The lowest BCUT2D eigenvalue weighted by molar-refractivity contribution is 0.0782. The van der Waals surface area contributed by atoms with E-state index in [-0.39, 0.29) is 5.91 Å². The van der Waals surface area contributed by atoms with Crippen LogP contribution in [-0.2, 0) is 6.54 Å². The third-order valence-electron chi connectivity index (χ3n) is 3.22. The van der Waals surface area contributed by atoms with Crippen molar-refractivity contribution in [3.8, 4) is 0 Å². The van der Waals surface area contributed by atoms with E-state index in [0.717, 1.165) is 16.7 Å². The number of amides is 1. The summed E-state index contributed by atoms with van der Waals surface area (Å²) in [6.45, 7) is 2.20. The summed E-state index contributed by atoms with van der Waals surface area (Å²) >= 11 is 0. The second kappa shape index (κ2) is 5.32. The maximum Gasteiger partial charge on any atom is 0.254 e. The maximum absolute atomic E-state index is 12.4. The normalized spacial score (nSPS) is 10.8. The van der Waals surface area contributed by atoms with Crippen LogP contribution >= 0.6 is 0 Å². The van der Waals surface area contributed by atoms with Crippen molar-refractivity contribution < 1.29 is 4.79 Å². The van der Waals surface area contributed by atoms with Crippen LogP contribution in [0.25, 0.3) is 10.9 Å². The molecule has 1 aromatic carbocycles. The van der Waals surface area contributed by atoms with Gasteiger partial charge in [0.05, 0.1) is 12.1 Å². The molecule has 21 heavy (non-hydrogen) atoms. The van der Waals surface area contributed by atoms with Gasteiger partial charge in [0.2, 0.25) is 0 Å². The standard InChI is InChI=1S/C15H15N5O/c1-10-17-14(19-18-10)9-20(2)15(21)12-5-6-13-11(8-12)4-3-7-16-13/h3-8H,9H2,1-2H3,(H,17,18,19). The fourth-order valence-electron chi connectivity index (χ4n) is 2.17. The molecule has 2 heterocycles. The minimum absolute atomic E-state index is 0.0665. The number of pyridine rings is 1. The first-order valence-electron chi connectivity index (χ1n) is 6.61. The average molecular weight is 281 g/mol. The zero-order valence-electron chi connectivity index (χ0n) is 11.9. The number of hydrogen-bond acceptors (Lipinski definition) is 4. The van der Waals surface area contributed by atoms with Gasteiger partial charge in [-0.15, -0.1) is 0 Å². The molecular formula is C15H15N5O. The van der Waals surface area contributed by atoms with Crippen molar-refractivity contribution in [2.75, 3.05) is 7.05 Å². The summed E-state index contributed by atoms with van der Waals surface area (Å²) in [6.07, 6.45) is 1.74. The van der Waals surface area contributed by atoms with Gasteiger partial charge in [-0.3, -0.25) is 14.9 Å². The van der Waals surface area contributed by atoms with Crippen LogP contribution in [0.4, 0.5) is 0 Å². The van der Waals surface area contributed by atoms with Gasteiger partial charge in [-0.25, -0.2) is 4.98 Å². The summed E-state index contributed by atoms with van der Waals surface area (Å²) in [4.78, 5) is 22.5. The molecule has 0 radical (unpaired) electrons. The van der Waals surface area contributed by atoms with Gasteiger partial charge >= 0.3 is 0 Å². The van der Waals surface area contributed by atoms with Crippen molar-refractivity contribution in [1.29, 1.82) is 0 Å². The number of aryl methyl sites for hydroxylation is 1. The molecule has 0 aliphatic rings. The van der Waals surface area contributed by atoms with Gasteiger partial charge in [0.15, 0.2) is 5.82 Å². The van der Waals surface area contributed by atoms with E-state index in [9.17, 15) is 4.79 Å². The highest BCUT2D eigenvalue weighted by Crippen LogP contribution is 2.15. The zero-order valence-corrected chi connectivity index (χ0v) is 11.9. The smallest absolute Gasteiger partial charge is 0.254 e. The van der Waals surface area contributed by atoms with Crippen LogP contribution in [0.15, 0.2) is 36.5 Å². The minimum Gasteiger partial charge on any atom is -0.334 e. The second-order valence-corrected chi connectivity index (χ2v) is 4.91. The Morgan fingerprint density at radius 3 is 2.95 bits per heavy atom. The van der Waals surface area contributed by atoms with Gasteiger partial charge in [0, 0.05) is 24.2 Å². The van der Waals surface area contributed by atoms with Crippen LogP contribution in [0.1, 0.15) is 22.0 Å². The average Bonchev–Trinajstić information content (AvgIpc) is 2.91. The molecule has 3 aromatic rings. The van der Waals surface area contributed by atoms with Gasteiger partial charge in [-0.1, -0.05) is 6.07 Å². The minimum atomic E-state index is -0.0665. The van der Waals surface area contributed by atoms with Crippen LogP contribution in [0.2, 0.25) is 0 Å². The third kappa shape index (κ3) is 2.74. The summed E-state index contributed by atoms with van der Waals surface area (Å²) < 4.78 is 0. The Morgan fingerprint density at radius 1 is 1.33 bits per heavy atom. The maximum atomic E-state index is 12.4. The molecule has 0 spiro atoms. The number of carbonyl (C=O) groups is 1. The number of aromatic amines is 1. The van der Waals surface area contributed by atoms with E-state index >= 15 is 0 Å². The monoisotopic (exact) mass is 281 g/mol. The summed E-state index contributed by atoms with van der Waals surface area (Å²) in [5, 5.41) is 7.76. The second-order valence-electron chi connectivity index (χ2n) is 4.91. The molecule has 0 bridgehead atoms. The first-order chi connectivity index (χ1) is 10.1.